The molecular formula is C9H20N2O. The lowest BCUT2D eigenvalue weighted by Crippen LogP contribution is -2.46. The van der Waals surface area contributed by atoms with Crippen LogP contribution in [0.4, 0.5) is 0 Å². The summed E-state index contributed by atoms with van der Waals surface area (Å²) in [4.78, 5) is 2.34. The number of piperidine rings is 1. The van der Waals surface area contributed by atoms with Gasteiger partial charge in [-0.25, -0.2) is 0 Å². The van der Waals surface area contributed by atoms with Crippen LogP contribution in [0.1, 0.15) is 12.8 Å². The zero-order valence-electron chi connectivity index (χ0n) is 8.08. The zero-order chi connectivity index (χ0) is 8.97. The molecule has 1 fully saturated rings. The lowest BCUT2D eigenvalue weighted by molar-refractivity contribution is 0.146. The second kappa shape index (κ2) is 4.80. The molecule has 0 saturated carbocycles. The molecule has 0 radical (unpaired) electrons. The van der Waals surface area contributed by atoms with Crippen LogP contribution in [-0.2, 0) is 0 Å². The summed E-state index contributed by atoms with van der Waals surface area (Å²) in [6.45, 7) is 2.60. The van der Waals surface area contributed by atoms with Gasteiger partial charge < -0.3 is 15.3 Å². The highest BCUT2D eigenvalue weighted by molar-refractivity contribution is 4.80. The van der Waals surface area contributed by atoms with Gasteiger partial charge in [-0.1, -0.05) is 0 Å². The summed E-state index contributed by atoms with van der Waals surface area (Å²) >= 11 is 0. The van der Waals surface area contributed by atoms with Crippen LogP contribution in [0.25, 0.3) is 0 Å². The van der Waals surface area contributed by atoms with E-state index in [1.165, 1.54) is 6.42 Å². The molecule has 3 nitrogen and oxygen atoms in total. The van der Waals surface area contributed by atoms with Crippen molar-refractivity contribution >= 4 is 0 Å². The third kappa shape index (κ3) is 2.73. The third-order valence-corrected chi connectivity index (χ3v) is 2.67. The Morgan fingerprint density at radius 2 is 2.25 bits per heavy atom. The van der Waals surface area contributed by atoms with Gasteiger partial charge in [0.15, 0.2) is 0 Å². The SMILES string of the molecule is CNC1CC(CCO)CN(C)C1. The zero-order valence-corrected chi connectivity index (χ0v) is 8.08. The van der Waals surface area contributed by atoms with Gasteiger partial charge in [0.05, 0.1) is 0 Å². The Hall–Kier alpha value is -0.120. The Labute approximate surface area is 74.8 Å². The number of likely N-dealkylation sites (tertiary alicyclic amines) is 1. The summed E-state index contributed by atoms with van der Waals surface area (Å²) in [7, 11) is 4.16. The van der Waals surface area contributed by atoms with Crippen molar-refractivity contribution in [2.24, 2.45) is 5.92 Å². The molecule has 1 heterocycles. The molecule has 0 aromatic heterocycles. The van der Waals surface area contributed by atoms with E-state index in [9.17, 15) is 0 Å². The van der Waals surface area contributed by atoms with Crippen molar-refractivity contribution in [1.82, 2.24) is 10.2 Å². The van der Waals surface area contributed by atoms with E-state index in [0.717, 1.165) is 19.5 Å². The first-order chi connectivity index (χ1) is 5.76. The monoisotopic (exact) mass is 172 g/mol. The highest BCUT2D eigenvalue weighted by Gasteiger charge is 2.23. The van der Waals surface area contributed by atoms with Crippen molar-refractivity contribution in [3.8, 4) is 0 Å². The Kier molecular flexibility index (Phi) is 3.98. The van der Waals surface area contributed by atoms with Gasteiger partial charge in [-0.05, 0) is 32.9 Å². The van der Waals surface area contributed by atoms with Crippen molar-refractivity contribution in [3.63, 3.8) is 0 Å². The Bertz CT molecular complexity index is 130. The molecule has 1 saturated heterocycles. The number of likely N-dealkylation sites (N-methyl/N-ethyl adjacent to an activating group) is 2. The lowest BCUT2D eigenvalue weighted by Gasteiger charge is -2.35. The van der Waals surface area contributed by atoms with Crippen molar-refractivity contribution < 1.29 is 5.11 Å². The fourth-order valence-corrected chi connectivity index (χ4v) is 2.04. The minimum atomic E-state index is 0.328. The maximum atomic E-state index is 8.82. The van der Waals surface area contributed by atoms with Gasteiger partial charge in [0.25, 0.3) is 0 Å². The molecule has 2 N–H and O–H groups in total. The topological polar surface area (TPSA) is 35.5 Å². The first kappa shape index (κ1) is 9.96. The second-order valence-corrected chi connectivity index (χ2v) is 3.82. The standard InChI is InChI=1S/C9H20N2O/c1-10-9-5-8(3-4-12)6-11(2)7-9/h8-10,12H,3-7H2,1-2H3. The van der Waals surface area contributed by atoms with Crippen LogP contribution >= 0.6 is 0 Å². The number of aliphatic hydroxyl groups excluding tert-OH is 1. The summed E-state index contributed by atoms with van der Waals surface area (Å²) in [6, 6.07) is 0.611. The van der Waals surface area contributed by atoms with Crippen molar-refractivity contribution in [1.29, 1.82) is 0 Å². The van der Waals surface area contributed by atoms with Crippen molar-refractivity contribution in [2.75, 3.05) is 33.8 Å². The summed E-state index contributed by atoms with van der Waals surface area (Å²) in [5, 5.41) is 12.1. The van der Waals surface area contributed by atoms with Gasteiger partial charge in [-0.3, -0.25) is 0 Å². The number of hydrogen-bond donors (Lipinski definition) is 2. The van der Waals surface area contributed by atoms with Crippen LogP contribution in [-0.4, -0.2) is 49.8 Å². The van der Waals surface area contributed by atoms with Crippen LogP contribution in [0.3, 0.4) is 0 Å². The largest absolute Gasteiger partial charge is 0.396 e. The fraction of sp³-hybridized carbons (Fsp3) is 1.00. The number of nitrogens with zero attached hydrogens (tertiary/aromatic N) is 1. The van der Waals surface area contributed by atoms with E-state index >= 15 is 0 Å². The first-order valence-electron chi connectivity index (χ1n) is 4.73. The number of nitrogens with one attached hydrogen (secondary N) is 1. The van der Waals surface area contributed by atoms with Crippen LogP contribution < -0.4 is 5.32 Å². The Morgan fingerprint density at radius 3 is 2.83 bits per heavy atom. The minimum Gasteiger partial charge on any atom is -0.396 e. The average Bonchev–Trinajstić information content (AvgIpc) is 2.04. The highest BCUT2D eigenvalue weighted by atomic mass is 16.3. The van der Waals surface area contributed by atoms with E-state index in [1.807, 2.05) is 7.05 Å². The first-order valence-corrected chi connectivity index (χ1v) is 4.73. The number of rotatable bonds is 3. The van der Waals surface area contributed by atoms with E-state index in [0.29, 0.717) is 18.6 Å². The molecule has 1 aliphatic rings. The number of aliphatic hydroxyl groups is 1. The smallest absolute Gasteiger partial charge is 0.0434 e. The van der Waals surface area contributed by atoms with E-state index in [4.69, 9.17) is 5.11 Å². The van der Waals surface area contributed by atoms with Gasteiger partial charge in [0.1, 0.15) is 0 Å². The molecule has 3 heteroatoms. The van der Waals surface area contributed by atoms with Crippen molar-refractivity contribution in [3.05, 3.63) is 0 Å². The molecule has 0 spiro atoms. The molecular weight excluding hydrogens is 152 g/mol. The van der Waals surface area contributed by atoms with Gasteiger partial charge in [-0.15, -0.1) is 0 Å². The van der Waals surface area contributed by atoms with E-state index < -0.39 is 0 Å². The third-order valence-electron chi connectivity index (χ3n) is 2.67. The summed E-state index contributed by atoms with van der Waals surface area (Å²) < 4.78 is 0. The van der Waals surface area contributed by atoms with Gasteiger partial charge in [0, 0.05) is 25.7 Å². The van der Waals surface area contributed by atoms with E-state index in [2.05, 4.69) is 17.3 Å². The molecule has 0 aliphatic carbocycles. The van der Waals surface area contributed by atoms with Gasteiger partial charge in [0.2, 0.25) is 0 Å². The molecule has 2 atom stereocenters. The van der Waals surface area contributed by atoms with Crippen LogP contribution in [0.15, 0.2) is 0 Å². The minimum absolute atomic E-state index is 0.328. The molecule has 0 aromatic carbocycles. The van der Waals surface area contributed by atoms with Gasteiger partial charge >= 0.3 is 0 Å². The Balaban J connectivity index is 2.34. The van der Waals surface area contributed by atoms with Crippen LogP contribution in [0.2, 0.25) is 0 Å². The molecule has 12 heavy (non-hydrogen) atoms. The summed E-state index contributed by atoms with van der Waals surface area (Å²) in [5.74, 6) is 0.672. The van der Waals surface area contributed by atoms with Crippen LogP contribution in [0.5, 0.6) is 0 Å². The number of hydrogen-bond acceptors (Lipinski definition) is 3. The maximum absolute atomic E-state index is 8.82. The lowest BCUT2D eigenvalue weighted by atomic mass is 9.92. The normalized spacial score (nSPS) is 32.2. The van der Waals surface area contributed by atoms with Crippen molar-refractivity contribution in [2.45, 2.75) is 18.9 Å². The van der Waals surface area contributed by atoms with Crippen LogP contribution in [0, 0.1) is 5.92 Å². The second-order valence-electron chi connectivity index (χ2n) is 3.82. The Morgan fingerprint density at radius 1 is 1.50 bits per heavy atom. The molecule has 1 aliphatic heterocycles. The molecule has 0 amide bonds. The average molecular weight is 172 g/mol. The van der Waals surface area contributed by atoms with E-state index in [1.54, 1.807) is 0 Å². The summed E-state index contributed by atoms with van der Waals surface area (Å²) in [6.07, 6.45) is 2.16. The molecule has 0 aromatic rings. The quantitative estimate of drug-likeness (QED) is 0.624. The maximum Gasteiger partial charge on any atom is 0.0434 e. The fourth-order valence-electron chi connectivity index (χ4n) is 2.04. The highest BCUT2D eigenvalue weighted by Crippen LogP contribution is 2.18. The molecule has 72 valence electrons. The van der Waals surface area contributed by atoms with E-state index in [-0.39, 0.29) is 0 Å². The summed E-state index contributed by atoms with van der Waals surface area (Å²) in [5.41, 5.74) is 0. The molecule has 1 rings (SSSR count). The predicted octanol–water partition coefficient (Wildman–Crippen LogP) is -0.0915. The molecule has 0 bridgehead atoms. The predicted molar refractivity (Wildman–Crippen MR) is 50.2 cm³/mol. The molecule has 2 unspecified atom stereocenters. The van der Waals surface area contributed by atoms with Gasteiger partial charge in [-0.2, -0.15) is 0 Å².